The van der Waals surface area contributed by atoms with Crippen molar-refractivity contribution in [3.05, 3.63) is 35.4 Å². The highest BCUT2D eigenvalue weighted by Crippen LogP contribution is 2.36. The summed E-state index contributed by atoms with van der Waals surface area (Å²) in [7, 11) is 0. The van der Waals surface area contributed by atoms with E-state index in [-0.39, 0.29) is 5.54 Å². The largest absolute Gasteiger partial charge is 0.307 e. The summed E-state index contributed by atoms with van der Waals surface area (Å²) in [5.41, 5.74) is 3.23. The van der Waals surface area contributed by atoms with Gasteiger partial charge in [0, 0.05) is 5.54 Å². The summed E-state index contributed by atoms with van der Waals surface area (Å²) in [5, 5.41) is 3.73. The van der Waals surface area contributed by atoms with Gasteiger partial charge in [0.25, 0.3) is 0 Å². The van der Waals surface area contributed by atoms with Crippen LogP contribution in [0.3, 0.4) is 0 Å². The highest BCUT2D eigenvalue weighted by molar-refractivity contribution is 5.33. The van der Waals surface area contributed by atoms with Crippen LogP contribution < -0.4 is 5.32 Å². The van der Waals surface area contributed by atoms with Gasteiger partial charge in [0.1, 0.15) is 0 Å². The van der Waals surface area contributed by atoms with E-state index >= 15 is 0 Å². The summed E-state index contributed by atoms with van der Waals surface area (Å²) in [6, 6.07) is 8.82. The Morgan fingerprint density at radius 2 is 2.13 bits per heavy atom. The van der Waals surface area contributed by atoms with Crippen LogP contribution in [0.2, 0.25) is 0 Å². The van der Waals surface area contributed by atoms with E-state index in [1.165, 1.54) is 43.4 Å². The molecule has 1 N–H and O–H groups in total. The monoisotopic (exact) mass is 203 g/mol. The molecule has 82 valence electrons. The van der Waals surface area contributed by atoms with Crippen LogP contribution in [-0.4, -0.2) is 6.54 Å². The predicted octanol–water partition coefficient (Wildman–Crippen LogP) is 3.37. The van der Waals surface area contributed by atoms with Crippen molar-refractivity contribution in [1.82, 2.24) is 5.32 Å². The minimum absolute atomic E-state index is 0.278. The minimum Gasteiger partial charge on any atom is -0.307 e. The van der Waals surface area contributed by atoms with Gasteiger partial charge in [-0.15, -0.1) is 0 Å². The van der Waals surface area contributed by atoms with Crippen LogP contribution in [0.1, 0.15) is 43.7 Å². The third kappa shape index (κ3) is 1.93. The maximum atomic E-state index is 3.73. The molecule has 0 aliphatic carbocycles. The average molecular weight is 203 g/mol. The number of rotatable bonds is 3. The Morgan fingerprint density at radius 1 is 1.33 bits per heavy atom. The Balaban J connectivity index is 2.36. The molecule has 15 heavy (non-hydrogen) atoms. The van der Waals surface area contributed by atoms with Crippen LogP contribution in [0.4, 0.5) is 0 Å². The summed E-state index contributed by atoms with van der Waals surface area (Å²) in [5.74, 6) is 0. The zero-order valence-electron chi connectivity index (χ0n) is 9.84. The molecule has 1 heteroatoms. The fraction of sp³-hybridized carbons (Fsp3) is 0.571. The van der Waals surface area contributed by atoms with Crippen LogP contribution in [0.15, 0.2) is 24.3 Å². The molecule has 1 saturated heterocycles. The third-order valence-corrected chi connectivity index (χ3v) is 3.58. The Bertz CT molecular complexity index is 324. The molecule has 1 aromatic rings. The van der Waals surface area contributed by atoms with Crippen molar-refractivity contribution >= 4 is 0 Å². The van der Waals surface area contributed by atoms with E-state index in [1.807, 2.05) is 0 Å². The van der Waals surface area contributed by atoms with Crippen LogP contribution >= 0.6 is 0 Å². The number of benzene rings is 1. The number of hydrogen-bond acceptors (Lipinski definition) is 1. The maximum absolute atomic E-state index is 3.73. The quantitative estimate of drug-likeness (QED) is 0.794. The van der Waals surface area contributed by atoms with E-state index in [1.54, 1.807) is 0 Å². The Hall–Kier alpha value is -0.820. The van der Waals surface area contributed by atoms with E-state index in [4.69, 9.17) is 0 Å². The fourth-order valence-corrected chi connectivity index (χ4v) is 2.92. The van der Waals surface area contributed by atoms with Crippen molar-refractivity contribution in [2.75, 3.05) is 6.54 Å². The molecule has 0 spiro atoms. The first-order valence-corrected chi connectivity index (χ1v) is 6.10. The zero-order valence-corrected chi connectivity index (χ0v) is 9.84. The summed E-state index contributed by atoms with van der Waals surface area (Å²) in [6.45, 7) is 5.68. The third-order valence-electron chi connectivity index (χ3n) is 3.58. The molecule has 2 rings (SSSR count). The number of nitrogens with one attached hydrogen (secondary N) is 1. The zero-order chi connectivity index (χ0) is 10.7. The van der Waals surface area contributed by atoms with Gasteiger partial charge in [0.2, 0.25) is 0 Å². The van der Waals surface area contributed by atoms with Crippen LogP contribution in [-0.2, 0) is 5.54 Å². The van der Waals surface area contributed by atoms with E-state index in [0.29, 0.717) is 0 Å². The van der Waals surface area contributed by atoms with Crippen molar-refractivity contribution < 1.29 is 0 Å². The van der Waals surface area contributed by atoms with Crippen molar-refractivity contribution in [2.24, 2.45) is 0 Å². The van der Waals surface area contributed by atoms with Gasteiger partial charge in [-0.25, -0.2) is 0 Å². The van der Waals surface area contributed by atoms with Crippen molar-refractivity contribution in [3.8, 4) is 0 Å². The van der Waals surface area contributed by atoms with Gasteiger partial charge >= 0.3 is 0 Å². The molecule has 1 fully saturated rings. The lowest BCUT2D eigenvalue weighted by Crippen LogP contribution is -2.37. The summed E-state index contributed by atoms with van der Waals surface area (Å²) < 4.78 is 0. The van der Waals surface area contributed by atoms with Crippen LogP contribution in [0.5, 0.6) is 0 Å². The standard InChI is InChI=1S/C14H21N/c1-3-9-14(10-6-11-15-14)13-8-5-4-7-12(13)2/h4-5,7-8,15H,3,6,9-11H2,1-2H3. The van der Waals surface area contributed by atoms with Gasteiger partial charge < -0.3 is 5.32 Å². The first-order chi connectivity index (χ1) is 7.28. The molecule has 0 aromatic heterocycles. The second kappa shape index (κ2) is 4.36. The number of hydrogen-bond donors (Lipinski definition) is 1. The van der Waals surface area contributed by atoms with Crippen LogP contribution in [0.25, 0.3) is 0 Å². The molecule has 0 saturated carbocycles. The normalized spacial score (nSPS) is 25.7. The second-order valence-corrected chi connectivity index (χ2v) is 4.68. The molecular weight excluding hydrogens is 182 g/mol. The molecule has 1 nitrogen and oxygen atoms in total. The van der Waals surface area contributed by atoms with Gasteiger partial charge in [-0.05, 0) is 43.9 Å². The Kier molecular flexibility index (Phi) is 3.11. The first kappa shape index (κ1) is 10.7. The molecule has 1 aliphatic heterocycles. The van der Waals surface area contributed by atoms with E-state index in [0.717, 1.165) is 0 Å². The molecule has 1 heterocycles. The summed E-state index contributed by atoms with van der Waals surface area (Å²) >= 11 is 0. The van der Waals surface area contributed by atoms with E-state index in [2.05, 4.69) is 43.4 Å². The lowest BCUT2D eigenvalue weighted by atomic mass is 9.82. The molecule has 0 bridgehead atoms. The molecule has 0 radical (unpaired) electrons. The average Bonchev–Trinajstić information content (AvgIpc) is 2.69. The summed E-state index contributed by atoms with van der Waals surface area (Å²) in [6.07, 6.45) is 5.12. The lowest BCUT2D eigenvalue weighted by Gasteiger charge is -2.31. The molecule has 0 amide bonds. The van der Waals surface area contributed by atoms with E-state index < -0.39 is 0 Å². The SMILES string of the molecule is CCCC1(c2ccccc2C)CCCN1. The van der Waals surface area contributed by atoms with Crippen molar-refractivity contribution in [3.63, 3.8) is 0 Å². The van der Waals surface area contributed by atoms with Gasteiger partial charge in [-0.2, -0.15) is 0 Å². The molecule has 1 atom stereocenters. The second-order valence-electron chi connectivity index (χ2n) is 4.68. The maximum Gasteiger partial charge on any atom is 0.0437 e. The molecule has 1 aromatic carbocycles. The Labute approximate surface area is 92.9 Å². The molecule has 1 unspecified atom stereocenters. The highest BCUT2D eigenvalue weighted by atomic mass is 15.0. The van der Waals surface area contributed by atoms with Gasteiger partial charge in [-0.3, -0.25) is 0 Å². The van der Waals surface area contributed by atoms with Gasteiger partial charge in [-0.1, -0.05) is 37.6 Å². The Morgan fingerprint density at radius 3 is 2.73 bits per heavy atom. The number of aryl methyl sites for hydroxylation is 1. The van der Waals surface area contributed by atoms with Crippen LogP contribution in [0, 0.1) is 6.92 Å². The summed E-state index contributed by atoms with van der Waals surface area (Å²) in [4.78, 5) is 0. The topological polar surface area (TPSA) is 12.0 Å². The van der Waals surface area contributed by atoms with Crippen molar-refractivity contribution in [1.29, 1.82) is 0 Å². The molecular formula is C14H21N. The first-order valence-electron chi connectivity index (χ1n) is 6.10. The van der Waals surface area contributed by atoms with E-state index in [9.17, 15) is 0 Å². The van der Waals surface area contributed by atoms with Gasteiger partial charge in [0.05, 0.1) is 0 Å². The highest BCUT2D eigenvalue weighted by Gasteiger charge is 2.34. The lowest BCUT2D eigenvalue weighted by molar-refractivity contribution is 0.354. The fourth-order valence-electron chi connectivity index (χ4n) is 2.92. The van der Waals surface area contributed by atoms with Crippen molar-refractivity contribution in [2.45, 2.75) is 45.1 Å². The molecule has 1 aliphatic rings. The predicted molar refractivity (Wildman–Crippen MR) is 65.0 cm³/mol. The van der Waals surface area contributed by atoms with Gasteiger partial charge in [0.15, 0.2) is 0 Å². The minimum atomic E-state index is 0.278. The smallest absolute Gasteiger partial charge is 0.0437 e.